The largest absolute Gasteiger partial charge is 0.480 e. The van der Waals surface area contributed by atoms with E-state index in [0.717, 1.165) is 31.8 Å². The summed E-state index contributed by atoms with van der Waals surface area (Å²) < 4.78 is 7.39. The first-order valence-electron chi connectivity index (χ1n) is 7.03. The number of ether oxygens (including phenoxy) is 1. The van der Waals surface area contributed by atoms with Crippen LogP contribution in [0.15, 0.2) is 12.4 Å². The van der Waals surface area contributed by atoms with Crippen molar-refractivity contribution in [3.8, 4) is 0 Å². The van der Waals surface area contributed by atoms with Gasteiger partial charge in [0.2, 0.25) is 0 Å². The van der Waals surface area contributed by atoms with Crippen LogP contribution < -0.4 is 5.32 Å². The van der Waals surface area contributed by atoms with E-state index in [2.05, 4.69) is 24.1 Å². The summed E-state index contributed by atoms with van der Waals surface area (Å²) in [7, 11) is 0. The second-order valence-corrected chi connectivity index (χ2v) is 5.96. The summed E-state index contributed by atoms with van der Waals surface area (Å²) in [5.74, 6) is -0.112. The lowest BCUT2D eigenvalue weighted by Gasteiger charge is -2.31. The average molecular weight is 281 g/mol. The Kier molecular flexibility index (Phi) is 4.77. The minimum Gasteiger partial charge on any atom is -0.480 e. The van der Waals surface area contributed by atoms with Gasteiger partial charge < -0.3 is 19.7 Å². The van der Waals surface area contributed by atoms with Crippen LogP contribution in [0.3, 0.4) is 0 Å². The molecule has 6 nitrogen and oxygen atoms in total. The van der Waals surface area contributed by atoms with E-state index >= 15 is 0 Å². The number of imidazole rings is 1. The maximum absolute atomic E-state index is 10.7. The number of carboxylic acid groups (broad SMARTS) is 1. The van der Waals surface area contributed by atoms with Gasteiger partial charge in [-0.05, 0) is 12.8 Å². The molecule has 1 aliphatic rings. The van der Waals surface area contributed by atoms with Crippen molar-refractivity contribution in [3.05, 3.63) is 18.2 Å². The Morgan fingerprint density at radius 1 is 1.65 bits per heavy atom. The lowest BCUT2D eigenvalue weighted by atomic mass is 9.85. The fourth-order valence-electron chi connectivity index (χ4n) is 2.60. The molecule has 6 heteroatoms. The van der Waals surface area contributed by atoms with E-state index in [1.165, 1.54) is 0 Å². The number of nitrogens with zero attached hydrogens (tertiary/aromatic N) is 2. The van der Waals surface area contributed by atoms with Gasteiger partial charge >= 0.3 is 5.97 Å². The summed E-state index contributed by atoms with van der Waals surface area (Å²) in [4.78, 5) is 14.9. The van der Waals surface area contributed by atoms with Gasteiger partial charge in [-0.1, -0.05) is 13.8 Å². The third-order valence-electron chi connectivity index (χ3n) is 3.77. The van der Waals surface area contributed by atoms with Gasteiger partial charge in [0.1, 0.15) is 12.4 Å². The molecule has 1 atom stereocenters. The summed E-state index contributed by atoms with van der Waals surface area (Å²) in [6, 6.07) is 0. The van der Waals surface area contributed by atoms with Gasteiger partial charge in [-0.25, -0.2) is 4.98 Å². The van der Waals surface area contributed by atoms with Crippen LogP contribution in [-0.4, -0.2) is 39.9 Å². The number of rotatable bonds is 7. The van der Waals surface area contributed by atoms with Gasteiger partial charge in [-0.15, -0.1) is 0 Å². The van der Waals surface area contributed by atoms with E-state index in [4.69, 9.17) is 9.84 Å². The van der Waals surface area contributed by atoms with Crippen molar-refractivity contribution in [3.63, 3.8) is 0 Å². The van der Waals surface area contributed by atoms with Crippen molar-refractivity contribution in [2.45, 2.75) is 45.9 Å². The first kappa shape index (κ1) is 15.0. The van der Waals surface area contributed by atoms with Crippen molar-refractivity contribution in [2.75, 3.05) is 13.2 Å². The normalized spacial score (nSPS) is 19.4. The van der Waals surface area contributed by atoms with Crippen molar-refractivity contribution < 1.29 is 14.6 Å². The molecule has 112 valence electrons. The molecule has 0 aliphatic carbocycles. The van der Waals surface area contributed by atoms with Crippen molar-refractivity contribution >= 4 is 5.97 Å². The van der Waals surface area contributed by atoms with Gasteiger partial charge in [-0.3, -0.25) is 4.79 Å². The van der Waals surface area contributed by atoms with Gasteiger partial charge in [0.25, 0.3) is 0 Å². The quantitative estimate of drug-likeness (QED) is 0.787. The van der Waals surface area contributed by atoms with Crippen LogP contribution in [0.4, 0.5) is 0 Å². The van der Waals surface area contributed by atoms with Crippen LogP contribution in [0.5, 0.6) is 0 Å². The Balaban J connectivity index is 1.83. The van der Waals surface area contributed by atoms with Crippen LogP contribution in [-0.2, 0) is 22.6 Å². The van der Waals surface area contributed by atoms with Crippen molar-refractivity contribution in [1.82, 2.24) is 14.9 Å². The zero-order valence-electron chi connectivity index (χ0n) is 12.1. The van der Waals surface area contributed by atoms with Gasteiger partial charge in [0, 0.05) is 31.0 Å². The highest BCUT2D eigenvalue weighted by atomic mass is 16.5. The van der Waals surface area contributed by atoms with Gasteiger partial charge in [0.05, 0.1) is 12.6 Å². The van der Waals surface area contributed by atoms with Crippen molar-refractivity contribution in [1.29, 1.82) is 0 Å². The highest BCUT2D eigenvalue weighted by Gasteiger charge is 2.32. The molecule has 0 amide bonds. The number of carboxylic acids is 1. The van der Waals surface area contributed by atoms with Crippen LogP contribution in [0.25, 0.3) is 0 Å². The number of hydrogen-bond donors (Lipinski definition) is 2. The third-order valence-corrected chi connectivity index (χ3v) is 3.77. The van der Waals surface area contributed by atoms with Crippen LogP contribution in [0.2, 0.25) is 0 Å². The molecule has 2 N–H and O–H groups in total. The first-order valence-corrected chi connectivity index (χ1v) is 7.03. The first-order chi connectivity index (χ1) is 9.49. The highest BCUT2D eigenvalue weighted by Crippen LogP contribution is 2.30. The number of aliphatic carboxylic acids is 1. The van der Waals surface area contributed by atoms with Crippen LogP contribution in [0.1, 0.15) is 32.5 Å². The fraction of sp³-hybridized carbons (Fsp3) is 0.714. The van der Waals surface area contributed by atoms with E-state index in [1.807, 2.05) is 0 Å². The number of nitrogens with one attached hydrogen (secondary N) is 1. The molecule has 0 spiro atoms. The predicted molar refractivity (Wildman–Crippen MR) is 74.3 cm³/mol. The Bertz CT molecular complexity index is 450. The Hall–Kier alpha value is -1.40. The molecule has 1 fully saturated rings. The summed E-state index contributed by atoms with van der Waals surface area (Å²) in [5, 5.41) is 12.2. The predicted octanol–water partition coefficient (Wildman–Crippen LogP) is 1.26. The van der Waals surface area contributed by atoms with Crippen molar-refractivity contribution in [2.24, 2.45) is 5.41 Å². The molecule has 1 aromatic rings. The molecule has 0 radical (unpaired) electrons. The molecule has 0 bridgehead atoms. The summed E-state index contributed by atoms with van der Waals surface area (Å²) in [6.45, 7) is 6.58. The van der Waals surface area contributed by atoms with Gasteiger partial charge in [0.15, 0.2) is 0 Å². The molecular weight excluding hydrogens is 258 g/mol. The fourth-order valence-corrected chi connectivity index (χ4v) is 2.60. The summed E-state index contributed by atoms with van der Waals surface area (Å²) in [5.41, 5.74) is 0.0702. The minimum atomic E-state index is -0.857. The van der Waals surface area contributed by atoms with E-state index < -0.39 is 5.97 Å². The Morgan fingerprint density at radius 2 is 2.45 bits per heavy atom. The maximum atomic E-state index is 10.7. The summed E-state index contributed by atoms with van der Waals surface area (Å²) >= 11 is 0. The van der Waals surface area contributed by atoms with Crippen LogP contribution >= 0.6 is 0 Å². The topological polar surface area (TPSA) is 76.4 Å². The lowest BCUT2D eigenvalue weighted by molar-refractivity contribution is -0.137. The monoisotopic (exact) mass is 281 g/mol. The number of hydrogen-bond acceptors (Lipinski definition) is 4. The smallest absolute Gasteiger partial charge is 0.323 e. The van der Waals surface area contributed by atoms with E-state index in [1.54, 1.807) is 17.0 Å². The number of carbonyl (C=O) groups is 1. The maximum Gasteiger partial charge on any atom is 0.323 e. The minimum absolute atomic E-state index is 0.0495. The zero-order chi connectivity index (χ0) is 14.6. The Labute approximate surface area is 119 Å². The van der Waals surface area contributed by atoms with E-state index in [0.29, 0.717) is 12.6 Å². The molecule has 20 heavy (non-hydrogen) atoms. The molecule has 0 aromatic carbocycles. The highest BCUT2D eigenvalue weighted by molar-refractivity contribution is 5.66. The molecular formula is C14H23N3O3. The standard InChI is InChI=1S/C14H23N3O3/c1-14(2,11-4-3-7-20-11)10-15-8-12-16-5-6-17(12)9-13(18)19/h5-6,11,15H,3-4,7-10H2,1-2H3,(H,18,19). The van der Waals surface area contributed by atoms with E-state index in [-0.39, 0.29) is 12.0 Å². The number of aromatic nitrogens is 2. The van der Waals surface area contributed by atoms with E-state index in [9.17, 15) is 4.79 Å². The lowest BCUT2D eigenvalue weighted by Crippen LogP contribution is -2.39. The molecule has 0 saturated carbocycles. The van der Waals surface area contributed by atoms with Gasteiger partial charge in [-0.2, -0.15) is 0 Å². The molecule has 1 unspecified atom stereocenters. The SMILES string of the molecule is CC(C)(CNCc1nccn1CC(=O)O)C1CCCO1. The van der Waals surface area contributed by atoms with Crippen LogP contribution in [0, 0.1) is 5.41 Å². The molecule has 1 aliphatic heterocycles. The second kappa shape index (κ2) is 6.37. The molecule has 2 rings (SSSR count). The zero-order valence-corrected chi connectivity index (χ0v) is 12.1. The summed E-state index contributed by atoms with van der Waals surface area (Å²) in [6.07, 6.45) is 5.87. The molecule has 1 aromatic heterocycles. The second-order valence-electron chi connectivity index (χ2n) is 5.96. The Morgan fingerprint density at radius 3 is 3.10 bits per heavy atom. The third kappa shape index (κ3) is 3.80. The molecule has 1 saturated heterocycles. The average Bonchev–Trinajstić information content (AvgIpc) is 3.00. The molecule has 2 heterocycles.